The molecule has 2 aliphatic carbocycles. The van der Waals surface area contributed by atoms with Crippen molar-refractivity contribution < 1.29 is 9.90 Å². The topological polar surface area (TPSA) is 40.5 Å². The van der Waals surface area contributed by atoms with Gasteiger partial charge in [0.1, 0.15) is 5.60 Å². The van der Waals surface area contributed by atoms with E-state index in [1.54, 1.807) is 0 Å². The minimum atomic E-state index is -0.615. The molecule has 1 heterocycles. The Balaban J connectivity index is 1.56. The molecule has 0 radical (unpaired) electrons. The van der Waals surface area contributed by atoms with Crippen LogP contribution < -0.4 is 0 Å². The second kappa shape index (κ2) is 3.71. The zero-order valence-electron chi connectivity index (χ0n) is 10.9. The van der Waals surface area contributed by atoms with Crippen LogP contribution in [0.1, 0.15) is 39.5 Å². The first kappa shape index (κ1) is 11.5. The largest absolute Gasteiger partial charge is 0.386 e. The average molecular weight is 237 g/mol. The highest BCUT2D eigenvalue weighted by Gasteiger charge is 2.58. The smallest absolute Gasteiger partial charge is 0.226 e. The van der Waals surface area contributed by atoms with E-state index in [-0.39, 0.29) is 5.92 Å². The van der Waals surface area contributed by atoms with Gasteiger partial charge in [0.25, 0.3) is 0 Å². The van der Waals surface area contributed by atoms with Crippen LogP contribution in [0.3, 0.4) is 0 Å². The van der Waals surface area contributed by atoms with Gasteiger partial charge in [-0.3, -0.25) is 4.79 Å². The van der Waals surface area contributed by atoms with E-state index >= 15 is 0 Å². The van der Waals surface area contributed by atoms with Crippen molar-refractivity contribution in [1.82, 2.24) is 4.90 Å². The summed E-state index contributed by atoms with van der Waals surface area (Å²) in [7, 11) is 0. The molecular formula is C14H23NO2. The molecular weight excluding hydrogens is 214 g/mol. The summed E-state index contributed by atoms with van der Waals surface area (Å²) < 4.78 is 0. The molecule has 3 nitrogen and oxygen atoms in total. The van der Waals surface area contributed by atoms with Crippen LogP contribution in [0.15, 0.2) is 0 Å². The minimum absolute atomic E-state index is 0.244. The molecule has 3 heteroatoms. The number of carbonyl (C=O) groups is 1. The standard InChI is InChI=1S/C14H23NO2/c1-9(2)14(17)7-15(8-14)13(16)12-10-5-3-4-6-11(10)12/h9-12,17H,3-8H2,1-2H3. The number of hydrogen-bond acceptors (Lipinski definition) is 2. The number of fused-ring (bicyclic) bond motifs is 1. The number of aliphatic hydroxyl groups is 1. The minimum Gasteiger partial charge on any atom is -0.386 e. The lowest BCUT2D eigenvalue weighted by molar-refractivity contribution is -0.165. The van der Waals surface area contributed by atoms with Gasteiger partial charge in [-0.25, -0.2) is 0 Å². The predicted molar refractivity (Wildman–Crippen MR) is 65.3 cm³/mol. The molecule has 1 amide bonds. The Morgan fingerprint density at radius 1 is 1.24 bits per heavy atom. The van der Waals surface area contributed by atoms with E-state index in [2.05, 4.69) is 0 Å². The van der Waals surface area contributed by atoms with Gasteiger partial charge in [-0.15, -0.1) is 0 Å². The highest BCUT2D eigenvalue weighted by molar-refractivity contribution is 5.83. The summed E-state index contributed by atoms with van der Waals surface area (Å²) in [6.07, 6.45) is 5.12. The molecule has 0 bridgehead atoms. The van der Waals surface area contributed by atoms with Gasteiger partial charge in [-0.05, 0) is 30.6 Å². The molecule has 0 aromatic heterocycles. The maximum absolute atomic E-state index is 12.3. The number of nitrogens with zero attached hydrogens (tertiary/aromatic N) is 1. The molecule has 96 valence electrons. The lowest BCUT2D eigenvalue weighted by atomic mass is 9.82. The number of amides is 1. The van der Waals surface area contributed by atoms with Gasteiger partial charge in [0, 0.05) is 5.92 Å². The van der Waals surface area contributed by atoms with Gasteiger partial charge in [0.05, 0.1) is 13.1 Å². The highest BCUT2D eigenvalue weighted by atomic mass is 16.3. The van der Waals surface area contributed by atoms with E-state index in [0.29, 0.717) is 36.8 Å². The van der Waals surface area contributed by atoms with Crippen molar-refractivity contribution in [2.75, 3.05) is 13.1 Å². The van der Waals surface area contributed by atoms with Crippen molar-refractivity contribution in [3.8, 4) is 0 Å². The third-order valence-electron chi connectivity index (χ3n) is 5.26. The van der Waals surface area contributed by atoms with Gasteiger partial charge in [0.2, 0.25) is 5.91 Å². The van der Waals surface area contributed by atoms with E-state index in [1.165, 1.54) is 25.7 Å². The van der Waals surface area contributed by atoms with Crippen LogP contribution in [0.5, 0.6) is 0 Å². The molecule has 2 unspecified atom stereocenters. The second-order valence-corrected chi connectivity index (χ2v) is 6.59. The molecule has 17 heavy (non-hydrogen) atoms. The number of likely N-dealkylation sites (tertiary alicyclic amines) is 1. The first-order chi connectivity index (χ1) is 8.03. The van der Waals surface area contributed by atoms with Crippen LogP contribution in [0.25, 0.3) is 0 Å². The van der Waals surface area contributed by atoms with E-state index in [0.717, 1.165) is 0 Å². The summed E-state index contributed by atoms with van der Waals surface area (Å²) in [5.74, 6) is 2.25. The summed E-state index contributed by atoms with van der Waals surface area (Å²) in [4.78, 5) is 14.2. The van der Waals surface area contributed by atoms with Crippen molar-refractivity contribution in [2.24, 2.45) is 23.7 Å². The summed E-state index contributed by atoms with van der Waals surface area (Å²) >= 11 is 0. The van der Waals surface area contributed by atoms with Crippen molar-refractivity contribution in [2.45, 2.75) is 45.1 Å². The zero-order valence-corrected chi connectivity index (χ0v) is 10.9. The van der Waals surface area contributed by atoms with Crippen molar-refractivity contribution in [3.05, 3.63) is 0 Å². The maximum atomic E-state index is 12.3. The Labute approximate surface area is 103 Å². The van der Waals surface area contributed by atoms with Gasteiger partial charge in [0.15, 0.2) is 0 Å². The van der Waals surface area contributed by atoms with E-state index in [4.69, 9.17) is 0 Å². The van der Waals surface area contributed by atoms with Crippen LogP contribution in [0.2, 0.25) is 0 Å². The highest BCUT2D eigenvalue weighted by Crippen LogP contribution is 2.56. The number of hydrogen-bond donors (Lipinski definition) is 1. The van der Waals surface area contributed by atoms with Crippen LogP contribution in [0.4, 0.5) is 0 Å². The van der Waals surface area contributed by atoms with Gasteiger partial charge in [-0.2, -0.15) is 0 Å². The predicted octanol–water partition coefficient (Wildman–Crippen LogP) is 1.65. The fourth-order valence-electron chi connectivity index (χ4n) is 3.71. The number of β-amino-alcohol motifs (C(OH)–C–C–N with tert-alkyl or cyclic N) is 1. The Kier molecular flexibility index (Phi) is 2.51. The summed E-state index contributed by atoms with van der Waals surface area (Å²) in [5.41, 5.74) is -0.615. The first-order valence-corrected chi connectivity index (χ1v) is 7.04. The fraction of sp³-hybridized carbons (Fsp3) is 0.929. The molecule has 0 aromatic carbocycles. The number of carbonyl (C=O) groups excluding carboxylic acids is 1. The lowest BCUT2D eigenvalue weighted by Gasteiger charge is -2.49. The average Bonchev–Trinajstić information content (AvgIpc) is 2.97. The third kappa shape index (κ3) is 1.70. The van der Waals surface area contributed by atoms with Gasteiger partial charge < -0.3 is 10.0 Å². The number of rotatable bonds is 2. The molecule has 3 aliphatic rings. The van der Waals surface area contributed by atoms with Gasteiger partial charge in [-0.1, -0.05) is 26.7 Å². The quantitative estimate of drug-likeness (QED) is 0.793. The van der Waals surface area contributed by atoms with Crippen LogP contribution in [0, 0.1) is 23.7 Å². The first-order valence-electron chi connectivity index (χ1n) is 7.04. The van der Waals surface area contributed by atoms with Crippen LogP contribution in [-0.4, -0.2) is 34.6 Å². The molecule has 2 saturated carbocycles. The summed E-state index contributed by atoms with van der Waals surface area (Å²) in [5, 5.41) is 10.2. The molecule has 1 saturated heterocycles. The third-order valence-corrected chi connectivity index (χ3v) is 5.26. The Hall–Kier alpha value is -0.570. The Morgan fingerprint density at radius 3 is 2.24 bits per heavy atom. The Morgan fingerprint density at radius 2 is 1.76 bits per heavy atom. The van der Waals surface area contributed by atoms with Crippen molar-refractivity contribution in [1.29, 1.82) is 0 Å². The molecule has 3 fully saturated rings. The SMILES string of the molecule is CC(C)C1(O)CN(C(=O)C2C3CCCCC32)C1. The molecule has 2 atom stereocenters. The lowest BCUT2D eigenvalue weighted by Crippen LogP contribution is -2.66. The Bertz CT molecular complexity index is 321. The normalized spacial score (nSPS) is 38.6. The molecule has 0 aromatic rings. The van der Waals surface area contributed by atoms with Gasteiger partial charge >= 0.3 is 0 Å². The van der Waals surface area contributed by atoms with Crippen LogP contribution >= 0.6 is 0 Å². The maximum Gasteiger partial charge on any atom is 0.226 e. The fourth-order valence-corrected chi connectivity index (χ4v) is 3.71. The summed E-state index contributed by atoms with van der Waals surface area (Å²) in [6.45, 7) is 5.16. The molecule has 1 N–H and O–H groups in total. The molecule has 3 rings (SSSR count). The molecule has 0 spiro atoms. The zero-order chi connectivity index (χ0) is 12.2. The molecule has 1 aliphatic heterocycles. The van der Waals surface area contributed by atoms with Crippen LogP contribution in [-0.2, 0) is 4.79 Å². The van der Waals surface area contributed by atoms with Crippen molar-refractivity contribution >= 4 is 5.91 Å². The van der Waals surface area contributed by atoms with Crippen molar-refractivity contribution in [3.63, 3.8) is 0 Å². The second-order valence-electron chi connectivity index (χ2n) is 6.59. The van der Waals surface area contributed by atoms with E-state index in [1.807, 2.05) is 18.7 Å². The van der Waals surface area contributed by atoms with E-state index in [9.17, 15) is 9.90 Å². The monoisotopic (exact) mass is 237 g/mol. The summed E-state index contributed by atoms with van der Waals surface area (Å²) in [6, 6.07) is 0. The van der Waals surface area contributed by atoms with E-state index < -0.39 is 5.60 Å².